The maximum atomic E-state index is 14.2. The van der Waals surface area contributed by atoms with Crippen LogP contribution in [0.2, 0.25) is 0 Å². The first kappa shape index (κ1) is 29.8. The summed E-state index contributed by atoms with van der Waals surface area (Å²) in [6, 6.07) is 3.76. The number of hydrogen-bond donors (Lipinski definition) is 1. The van der Waals surface area contributed by atoms with Crippen LogP contribution in [0.5, 0.6) is 0 Å². The van der Waals surface area contributed by atoms with Crippen LogP contribution in [0, 0.1) is 17.2 Å². The van der Waals surface area contributed by atoms with Gasteiger partial charge < -0.3 is 14.7 Å². The van der Waals surface area contributed by atoms with E-state index in [2.05, 4.69) is 0 Å². The maximum absolute atomic E-state index is 14.2. The first-order valence-electron chi connectivity index (χ1n) is 13.0. The summed E-state index contributed by atoms with van der Waals surface area (Å²) >= 11 is 5.73. The van der Waals surface area contributed by atoms with Crippen LogP contribution in [-0.2, 0) is 26.9 Å². The second kappa shape index (κ2) is 12.0. The van der Waals surface area contributed by atoms with Crippen molar-refractivity contribution in [1.29, 1.82) is 5.26 Å². The molecule has 1 heterocycles. The van der Waals surface area contributed by atoms with Crippen molar-refractivity contribution in [3.05, 3.63) is 28.8 Å². The Bertz CT molecular complexity index is 1110. The molecule has 3 rings (SSSR count). The van der Waals surface area contributed by atoms with E-state index < -0.39 is 46.7 Å². The zero-order chi connectivity index (χ0) is 28.3. The average Bonchev–Trinajstić information content (AvgIpc) is 3.02. The first-order valence-corrected chi connectivity index (χ1v) is 13.4. The van der Waals surface area contributed by atoms with E-state index in [1.165, 1.54) is 13.0 Å². The molecule has 1 N–H and O–H groups in total. The number of benzene rings is 1. The number of esters is 1. The largest absolute Gasteiger partial charge is 0.466 e. The van der Waals surface area contributed by atoms with E-state index in [0.29, 0.717) is 5.92 Å². The van der Waals surface area contributed by atoms with Gasteiger partial charge in [0.1, 0.15) is 5.54 Å². The topological polar surface area (TPSA) is 93.9 Å². The zero-order valence-electron chi connectivity index (χ0n) is 21.9. The van der Waals surface area contributed by atoms with E-state index in [1.54, 1.807) is 19.9 Å². The number of amides is 1. The van der Waals surface area contributed by atoms with Crippen molar-refractivity contribution in [2.75, 3.05) is 18.1 Å². The molecule has 7 nitrogen and oxygen atoms in total. The molecule has 1 aliphatic carbocycles. The fourth-order valence-electron chi connectivity index (χ4n) is 5.67. The monoisotopic (exact) mass is 553 g/mol. The van der Waals surface area contributed by atoms with E-state index in [9.17, 15) is 28.0 Å². The molecule has 0 unspecified atom stereocenters. The summed E-state index contributed by atoms with van der Waals surface area (Å²) in [5, 5.41) is 18.5. The van der Waals surface area contributed by atoms with Gasteiger partial charge in [0.15, 0.2) is 5.11 Å². The van der Waals surface area contributed by atoms with Gasteiger partial charge in [0, 0.05) is 18.2 Å². The minimum atomic E-state index is -4.95. The lowest BCUT2D eigenvalue weighted by Gasteiger charge is -2.41. The van der Waals surface area contributed by atoms with E-state index >= 15 is 0 Å². The first-order chi connectivity index (χ1) is 17.9. The number of ether oxygens (including phenoxy) is 1. The number of anilines is 1. The Kier molecular flexibility index (Phi) is 9.42. The zero-order valence-corrected chi connectivity index (χ0v) is 22.8. The highest BCUT2D eigenvalue weighted by Gasteiger charge is 2.53. The molecule has 1 aromatic carbocycles. The fraction of sp³-hybridized carbons (Fsp3) is 0.630. The number of aliphatic hydroxyl groups is 1. The number of nitrogens with zero attached hydrogens (tertiary/aromatic N) is 3. The second-order valence-electron chi connectivity index (χ2n) is 10.3. The van der Waals surface area contributed by atoms with Gasteiger partial charge in [-0.3, -0.25) is 14.5 Å². The molecule has 0 bridgehead atoms. The minimum absolute atomic E-state index is 0.0298. The van der Waals surface area contributed by atoms with Crippen molar-refractivity contribution in [3.63, 3.8) is 0 Å². The summed E-state index contributed by atoms with van der Waals surface area (Å²) in [4.78, 5) is 29.0. The number of unbranched alkanes of at least 4 members (excludes halogenated alkanes) is 1. The molecule has 1 saturated heterocycles. The molecule has 1 aliphatic heterocycles. The maximum Gasteiger partial charge on any atom is 0.418 e. The quantitative estimate of drug-likeness (QED) is 0.258. The highest BCUT2D eigenvalue weighted by atomic mass is 32.1. The van der Waals surface area contributed by atoms with Gasteiger partial charge in [-0.1, -0.05) is 12.8 Å². The highest BCUT2D eigenvalue weighted by Crippen LogP contribution is 2.44. The standard InChI is InChI=1S/C27H34F3N3O4S/c1-4-37-22(35)15-20-21(13-10-18(16-31)23(20)27(28,29)30)32-24(36)26(2,3)33(25(32)38)19-11-8-17(9-12-19)7-5-6-14-34/h10,13,17,19,34H,4-9,11-12,14-15H2,1-3H3. The molecule has 38 heavy (non-hydrogen) atoms. The molecule has 0 spiro atoms. The Morgan fingerprint density at radius 3 is 2.45 bits per heavy atom. The number of carbonyl (C=O) groups is 2. The van der Waals surface area contributed by atoms with Crippen LogP contribution < -0.4 is 4.90 Å². The lowest BCUT2D eigenvalue weighted by Crippen LogP contribution is -2.51. The predicted octanol–water partition coefficient (Wildman–Crippen LogP) is 5.12. The molecular formula is C27H34F3N3O4S. The average molecular weight is 554 g/mol. The van der Waals surface area contributed by atoms with Gasteiger partial charge >= 0.3 is 12.1 Å². The van der Waals surface area contributed by atoms with E-state index in [0.717, 1.165) is 55.9 Å². The molecule has 11 heteroatoms. The van der Waals surface area contributed by atoms with Crippen LogP contribution in [-0.4, -0.2) is 51.8 Å². The number of alkyl halides is 3. The number of rotatable bonds is 9. The molecule has 0 aromatic heterocycles. The van der Waals surface area contributed by atoms with E-state index in [-0.39, 0.29) is 30.1 Å². The number of carbonyl (C=O) groups excluding carboxylic acids is 2. The Morgan fingerprint density at radius 2 is 1.89 bits per heavy atom. The third kappa shape index (κ3) is 5.96. The Balaban J connectivity index is 2.00. The van der Waals surface area contributed by atoms with Gasteiger partial charge in [0.2, 0.25) is 0 Å². The lowest BCUT2D eigenvalue weighted by molar-refractivity contribution is -0.143. The van der Waals surface area contributed by atoms with Crippen LogP contribution in [0.4, 0.5) is 18.9 Å². The number of hydrogen-bond acceptors (Lipinski definition) is 6. The Hall–Kier alpha value is -2.71. The fourth-order valence-corrected chi connectivity index (χ4v) is 6.23. The number of nitriles is 1. The molecular weight excluding hydrogens is 519 g/mol. The summed E-state index contributed by atoms with van der Waals surface area (Å²) in [5.41, 5.74) is -3.68. The summed E-state index contributed by atoms with van der Waals surface area (Å²) in [7, 11) is 0. The number of thiocarbonyl (C=S) groups is 1. The molecule has 2 fully saturated rings. The summed E-state index contributed by atoms with van der Waals surface area (Å²) in [6.45, 7) is 5.09. The van der Waals surface area contributed by atoms with Crippen molar-refractivity contribution in [1.82, 2.24) is 4.90 Å². The van der Waals surface area contributed by atoms with Crippen molar-refractivity contribution in [2.45, 2.75) is 89.9 Å². The van der Waals surface area contributed by atoms with Crippen molar-refractivity contribution < 1.29 is 32.6 Å². The molecule has 1 amide bonds. The van der Waals surface area contributed by atoms with Crippen molar-refractivity contribution >= 4 is 34.9 Å². The van der Waals surface area contributed by atoms with Crippen LogP contribution in [0.25, 0.3) is 0 Å². The third-order valence-electron chi connectivity index (χ3n) is 7.49. The van der Waals surface area contributed by atoms with Crippen LogP contribution in [0.3, 0.4) is 0 Å². The molecule has 0 radical (unpaired) electrons. The molecule has 208 valence electrons. The molecule has 1 saturated carbocycles. The van der Waals surface area contributed by atoms with Gasteiger partial charge in [0.25, 0.3) is 5.91 Å². The summed E-state index contributed by atoms with van der Waals surface area (Å²) < 4.78 is 47.5. The normalized spacial score (nSPS) is 21.5. The van der Waals surface area contributed by atoms with Gasteiger partial charge in [-0.2, -0.15) is 18.4 Å². The Morgan fingerprint density at radius 1 is 1.24 bits per heavy atom. The van der Waals surface area contributed by atoms with Crippen LogP contribution >= 0.6 is 12.2 Å². The number of halogens is 3. The van der Waals surface area contributed by atoms with E-state index in [1.807, 2.05) is 4.90 Å². The SMILES string of the molecule is CCOC(=O)Cc1c(N2C(=O)C(C)(C)N(C3CCC(CCCCO)CC3)C2=S)ccc(C#N)c1C(F)(F)F. The summed E-state index contributed by atoms with van der Waals surface area (Å²) in [6.07, 6.45) is 0.466. The molecule has 0 atom stereocenters. The third-order valence-corrected chi connectivity index (χ3v) is 7.87. The van der Waals surface area contributed by atoms with E-state index in [4.69, 9.17) is 22.1 Å². The molecule has 1 aromatic rings. The van der Waals surface area contributed by atoms with Gasteiger partial charge in [-0.15, -0.1) is 0 Å². The highest BCUT2D eigenvalue weighted by molar-refractivity contribution is 7.80. The van der Waals surface area contributed by atoms with Gasteiger partial charge in [-0.05, 0) is 83.1 Å². The molecule has 2 aliphatic rings. The smallest absolute Gasteiger partial charge is 0.418 e. The van der Waals surface area contributed by atoms with Crippen molar-refractivity contribution in [2.24, 2.45) is 5.92 Å². The Labute approximate surface area is 226 Å². The van der Waals surface area contributed by atoms with Crippen LogP contribution in [0.15, 0.2) is 12.1 Å². The second-order valence-corrected chi connectivity index (χ2v) is 10.7. The van der Waals surface area contributed by atoms with Crippen LogP contribution in [0.1, 0.15) is 82.4 Å². The predicted molar refractivity (Wildman–Crippen MR) is 139 cm³/mol. The lowest BCUT2D eigenvalue weighted by atomic mass is 9.81. The summed E-state index contributed by atoms with van der Waals surface area (Å²) in [5.74, 6) is -0.869. The van der Waals surface area contributed by atoms with Gasteiger partial charge in [-0.25, -0.2) is 0 Å². The van der Waals surface area contributed by atoms with Gasteiger partial charge in [0.05, 0.1) is 35.9 Å². The number of aliphatic hydroxyl groups excluding tert-OH is 1. The van der Waals surface area contributed by atoms with Crippen molar-refractivity contribution in [3.8, 4) is 6.07 Å². The minimum Gasteiger partial charge on any atom is -0.466 e.